The van der Waals surface area contributed by atoms with Crippen molar-refractivity contribution in [2.45, 2.75) is 47.7 Å². The van der Waals surface area contributed by atoms with Crippen molar-refractivity contribution in [1.29, 1.82) is 0 Å². The van der Waals surface area contributed by atoms with Crippen molar-refractivity contribution in [3.63, 3.8) is 0 Å². The Labute approximate surface area is 152 Å². The summed E-state index contributed by atoms with van der Waals surface area (Å²) in [7, 11) is 0. The van der Waals surface area contributed by atoms with E-state index in [-0.39, 0.29) is 6.17 Å². The average Bonchev–Trinajstić information content (AvgIpc) is 2.88. The van der Waals surface area contributed by atoms with Crippen LogP contribution in [0.1, 0.15) is 33.4 Å². The summed E-state index contributed by atoms with van der Waals surface area (Å²) >= 11 is 0. The minimum atomic E-state index is 0.195. The summed E-state index contributed by atoms with van der Waals surface area (Å²) in [6.07, 6.45) is 2.28. The van der Waals surface area contributed by atoms with Gasteiger partial charge in [0.2, 0.25) is 0 Å². The van der Waals surface area contributed by atoms with Gasteiger partial charge >= 0.3 is 0 Å². The van der Waals surface area contributed by atoms with E-state index in [1.54, 1.807) is 0 Å². The zero-order chi connectivity index (χ0) is 18.3. The molecule has 0 aliphatic carbocycles. The van der Waals surface area contributed by atoms with Gasteiger partial charge in [-0.1, -0.05) is 42.0 Å². The molecule has 3 rings (SSSR count). The minimum absolute atomic E-state index is 0.195. The molecule has 0 spiro atoms. The SMILES string of the molecule is C=CC1N(c2c(C)cc(C)cc2C)CCN1c1c(C)cc(C)cc1C. The van der Waals surface area contributed by atoms with Crippen LogP contribution in [0, 0.1) is 41.5 Å². The first-order chi connectivity index (χ1) is 11.8. The Morgan fingerprint density at radius 2 is 1.04 bits per heavy atom. The standard InChI is InChI=1S/C23H30N2/c1-8-21-24(22-17(4)11-15(2)12-18(22)5)9-10-25(21)23-19(6)13-16(3)14-20(23)7/h8,11-14,21H,1,9-10H2,2-7H3. The van der Waals surface area contributed by atoms with E-state index < -0.39 is 0 Å². The number of nitrogens with zero attached hydrogens (tertiary/aromatic N) is 2. The fourth-order valence-corrected chi connectivity index (χ4v) is 4.64. The quantitative estimate of drug-likeness (QED) is 0.696. The highest BCUT2D eigenvalue weighted by Gasteiger charge is 2.33. The van der Waals surface area contributed by atoms with Crippen molar-refractivity contribution < 1.29 is 0 Å². The van der Waals surface area contributed by atoms with Crippen LogP contribution in [-0.4, -0.2) is 19.3 Å². The first-order valence-electron chi connectivity index (χ1n) is 9.15. The monoisotopic (exact) mass is 334 g/mol. The summed E-state index contributed by atoms with van der Waals surface area (Å²) in [6, 6.07) is 9.14. The Bertz CT molecular complexity index is 707. The minimum Gasteiger partial charge on any atom is -0.346 e. The molecule has 1 fully saturated rings. The van der Waals surface area contributed by atoms with E-state index in [4.69, 9.17) is 0 Å². The van der Waals surface area contributed by atoms with Crippen LogP contribution in [0.15, 0.2) is 36.9 Å². The number of rotatable bonds is 3. The van der Waals surface area contributed by atoms with Crippen molar-refractivity contribution in [2.24, 2.45) is 0 Å². The predicted molar refractivity (Wildman–Crippen MR) is 110 cm³/mol. The lowest BCUT2D eigenvalue weighted by Crippen LogP contribution is -2.38. The van der Waals surface area contributed by atoms with Crippen LogP contribution >= 0.6 is 0 Å². The third kappa shape index (κ3) is 3.06. The maximum absolute atomic E-state index is 4.16. The number of aryl methyl sites for hydroxylation is 6. The van der Waals surface area contributed by atoms with Gasteiger partial charge in [-0.05, 0) is 69.9 Å². The van der Waals surface area contributed by atoms with E-state index >= 15 is 0 Å². The number of anilines is 2. The van der Waals surface area contributed by atoms with Crippen LogP contribution in [0.3, 0.4) is 0 Å². The molecular formula is C23H30N2. The lowest BCUT2D eigenvalue weighted by Gasteiger charge is -2.34. The van der Waals surface area contributed by atoms with Gasteiger partial charge in [-0.25, -0.2) is 0 Å². The highest BCUT2D eigenvalue weighted by molar-refractivity contribution is 5.68. The highest BCUT2D eigenvalue weighted by atomic mass is 15.4. The molecule has 0 N–H and O–H groups in total. The molecular weight excluding hydrogens is 304 g/mol. The van der Waals surface area contributed by atoms with Crippen LogP contribution < -0.4 is 9.80 Å². The van der Waals surface area contributed by atoms with Gasteiger partial charge < -0.3 is 9.80 Å². The molecule has 0 aromatic heterocycles. The molecule has 0 atom stereocenters. The summed E-state index contributed by atoms with van der Waals surface area (Å²) in [5, 5.41) is 0. The maximum atomic E-state index is 4.16. The van der Waals surface area contributed by atoms with Crippen molar-refractivity contribution in [2.75, 3.05) is 22.9 Å². The Morgan fingerprint density at radius 1 is 0.720 bits per heavy atom. The summed E-state index contributed by atoms with van der Waals surface area (Å²) < 4.78 is 0. The third-order valence-corrected chi connectivity index (χ3v) is 5.28. The molecule has 0 radical (unpaired) electrons. The Hall–Kier alpha value is -2.22. The fraction of sp³-hybridized carbons (Fsp3) is 0.391. The van der Waals surface area contributed by atoms with E-state index in [1.807, 2.05) is 0 Å². The molecule has 1 saturated heterocycles. The van der Waals surface area contributed by atoms with Crippen LogP contribution in [0.5, 0.6) is 0 Å². The first-order valence-corrected chi connectivity index (χ1v) is 9.15. The van der Waals surface area contributed by atoms with Gasteiger partial charge in [0.05, 0.1) is 0 Å². The lowest BCUT2D eigenvalue weighted by atomic mass is 10.0. The van der Waals surface area contributed by atoms with Gasteiger partial charge in [0.1, 0.15) is 6.17 Å². The first kappa shape index (κ1) is 17.6. The van der Waals surface area contributed by atoms with Crippen molar-refractivity contribution in [3.8, 4) is 0 Å². The molecule has 25 heavy (non-hydrogen) atoms. The molecule has 2 aromatic rings. The molecule has 2 heteroatoms. The van der Waals surface area contributed by atoms with Crippen molar-refractivity contribution >= 4 is 11.4 Å². The molecule has 1 aliphatic rings. The predicted octanol–water partition coefficient (Wildman–Crippen LogP) is 5.38. The van der Waals surface area contributed by atoms with E-state index in [0.29, 0.717) is 0 Å². The van der Waals surface area contributed by atoms with Crippen molar-refractivity contribution in [3.05, 3.63) is 70.3 Å². The second-order valence-corrected chi connectivity index (χ2v) is 7.53. The van der Waals surface area contributed by atoms with Gasteiger partial charge in [-0.15, -0.1) is 0 Å². The summed E-state index contributed by atoms with van der Waals surface area (Å²) in [6.45, 7) is 19.4. The Kier molecular flexibility index (Phi) is 4.64. The third-order valence-electron chi connectivity index (χ3n) is 5.28. The van der Waals surface area contributed by atoms with Gasteiger partial charge in [-0.2, -0.15) is 0 Å². The number of benzene rings is 2. The fourth-order valence-electron chi connectivity index (χ4n) is 4.64. The van der Waals surface area contributed by atoms with Gasteiger partial charge in [0.25, 0.3) is 0 Å². The summed E-state index contributed by atoms with van der Waals surface area (Å²) in [5.74, 6) is 0. The molecule has 1 aliphatic heterocycles. The second kappa shape index (κ2) is 6.59. The molecule has 1 heterocycles. The van der Waals surface area contributed by atoms with Crippen LogP contribution in [0.4, 0.5) is 11.4 Å². The number of hydrogen-bond donors (Lipinski definition) is 0. The molecule has 2 nitrogen and oxygen atoms in total. The molecule has 132 valence electrons. The second-order valence-electron chi connectivity index (χ2n) is 7.53. The molecule has 0 bridgehead atoms. The summed E-state index contributed by atoms with van der Waals surface area (Å²) in [4.78, 5) is 5.02. The van der Waals surface area contributed by atoms with Crippen LogP contribution in [0.25, 0.3) is 0 Å². The zero-order valence-corrected chi connectivity index (χ0v) is 16.5. The number of hydrogen-bond acceptors (Lipinski definition) is 2. The molecule has 0 unspecified atom stereocenters. The van der Waals surface area contributed by atoms with Gasteiger partial charge in [0.15, 0.2) is 0 Å². The summed E-state index contributed by atoms with van der Waals surface area (Å²) in [5.41, 5.74) is 10.8. The van der Waals surface area contributed by atoms with Gasteiger partial charge in [0, 0.05) is 24.5 Å². The Morgan fingerprint density at radius 3 is 1.32 bits per heavy atom. The van der Waals surface area contributed by atoms with E-state index in [0.717, 1.165) is 13.1 Å². The zero-order valence-electron chi connectivity index (χ0n) is 16.5. The van der Waals surface area contributed by atoms with E-state index in [1.165, 1.54) is 44.8 Å². The van der Waals surface area contributed by atoms with E-state index in [9.17, 15) is 0 Å². The maximum Gasteiger partial charge on any atom is 0.121 e. The van der Waals surface area contributed by atoms with Crippen LogP contribution in [-0.2, 0) is 0 Å². The average molecular weight is 335 g/mol. The smallest absolute Gasteiger partial charge is 0.121 e. The highest BCUT2D eigenvalue weighted by Crippen LogP contribution is 2.36. The molecule has 0 amide bonds. The Balaban J connectivity index is 2.05. The van der Waals surface area contributed by atoms with Crippen molar-refractivity contribution in [1.82, 2.24) is 0 Å². The largest absolute Gasteiger partial charge is 0.346 e. The molecule has 2 aromatic carbocycles. The topological polar surface area (TPSA) is 6.48 Å². The van der Waals surface area contributed by atoms with E-state index in [2.05, 4.69) is 88.3 Å². The molecule has 0 saturated carbocycles. The normalized spacial score (nSPS) is 15.1. The lowest BCUT2D eigenvalue weighted by molar-refractivity contribution is 0.792. The van der Waals surface area contributed by atoms with Crippen LogP contribution in [0.2, 0.25) is 0 Å². The van der Waals surface area contributed by atoms with Gasteiger partial charge in [-0.3, -0.25) is 0 Å².